The number of anilines is 1. The molecule has 4 nitrogen and oxygen atoms in total. The topological polar surface area (TPSA) is 56.6 Å². The van der Waals surface area contributed by atoms with Crippen molar-refractivity contribution in [2.24, 2.45) is 0 Å². The highest BCUT2D eigenvalue weighted by atomic mass is 16.3. The van der Waals surface area contributed by atoms with Crippen LogP contribution in [0.5, 0.6) is 0 Å². The standard InChI is InChI=1S/C14H22N2O2/c1-11(18)13-7-3-8-15-14(13)16(9-4-10-17)12-5-2-6-12/h3,7-8,11-12,17-18H,2,4-6,9-10H2,1H3. The zero-order valence-electron chi connectivity index (χ0n) is 10.9. The van der Waals surface area contributed by atoms with Gasteiger partial charge in [-0.1, -0.05) is 6.07 Å². The molecule has 18 heavy (non-hydrogen) atoms. The summed E-state index contributed by atoms with van der Waals surface area (Å²) in [4.78, 5) is 6.69. The quantitative estimate of drug-likeness (QED) is 0.809. The lowest BCUT2D eigenvalue weighted by Gasteiger charge is -2.39. The largest absolute Gasteiger partial charge is 0.396 e. The molecule has 4 heteroatoms. The van der Waals surface area contributed by atoms with E-state index in [0.717, 1.165) is 24.3 Å². The Kier molecular flexibility index (Phi) is 4.55. The monoisotopic (exact) mass is 250 g/mol. The van der Waals surface area contributed by atoms with Crippen LogP contribution in [0.1, 0.15) is 44.3 Å². The van der Waals surface area contributed by atoms with Crippen molar-refractivity contribution >= 4 is 5.82 Å². The molecule has 0 amide bonds. The van der Waals surface area contributed by atoms with Crippen molar-refractivity contribution < 1.29 is 10.2 Å². The van der Waals surface area contributed by atoms with Crippen LogP contribution in [-0.4, -0.2) is 34.4 Å². The van der Waals surface area contributed by atoms with Gasteiger partial charge in [0.05, 0.1) is 6.10 Å². The highest BCUT2D eigenvalue weighted by Crippen LogP contribution is 2.32. The third kappa shape index (κ3) is 2.82. The van der Waals surface area contributed by atoms with Crippen LogP contribution in [0.3, 0.4) is 0 Å². The number of nitrogens with zero attached hydrogens (tertiary/aromatic N) is 2. The summed E-state index contributed by atoms with van der Waals surface area (Å²) in [6.45, 7) is 2.77. The van der Waals surface area contributed by atoms with Gasteiger partial charge in [0, 0.05) is 31.0 Å². The minimum atomic E-state index is -0.509. The average molecular weight is 250 g/mol. The van der Waals surface area contributed by atoms with Crippen molar-refractivity contribution in [3.05, 3.63) is 23.9 Å². The normalized spacial score (nSPS) is 17.3. The Morgan fingerprint density at radius 3 is 2.83 bits per heavy atom. The van der Waals surface area contributed by atoms with E-state index in [0.29, 0.717) is 6.04 Å². The van der Waals surface area contributed by atoms with E-state index in [1.165, 1.54) is 19.3 Å². The first-order valence-electron chi connectivity index (χ1n) is 6.74. The van der Waals surface area contributed by atoms with Crippen LogP contribution in [0.15, 0.2) is 18.3 Å². The highest BCUT2D eigenvalue weighted by molar-refractivity contribution is 5.49. The van der Waals surface area contributed by atoms with E-state index in [1.807, 2.05) is 12.1 Å². The molecule has 100 valence electrons. The van der Waals surface area contributed by atoms with Gasteiger partial charge in [0.15, 0.2) is 0 Å². The van der Waals surface area contributed by atoms with Gasteiger partial charge in [-0.2, -0.15) is 0 Å². The molecule has 0 spiro atoms. The van der Waals surface area contributed by atoms with Crippen molar-refractivity contribution in [3.63, 3.8) is 0 Å². The van der Waals surface area contributed by atoms with E-state index in [1.54, 1.807) is 13.1 Å². The molecule has 1 aromatic heterocycles. The number of hydrogen-bond donors (Lipinski definition) is 2. The first-order chi connectivity index (χ1) is 8.74. The van der Waals surface area contributed by atoms with E-state index in [-0.39, 0.29) is 6.61 Å². The second kappa shape index (κ2) is 6.16. The molecule has 1 fully saturated rings. The Bertz CT molecular complexity index is 378. The lowest BCUT2D eigenvalue weighted by atomic mass is 9.91. The lowest BCUT2D eigenvalue weighted by Crippen LogP contribution is -2.42. The van der Waals surface area contributed by atoms with Crippen LogP contribution in [-0.2, 0) is 0 Å². The molecule has 0 saturated heterocycles. The van der Waals surface area contributed by atoms with Gasteiger partial charge >= 0.3 is 0 Å². The van der Waals surface area contributed by atoms with Crippen molar-refractivity contribution in [1.29, 1.82) is 0 Å². The summed E-state index contributed by atoms with van der Waals surface area (Å²) in [5, 5.41) is 18.9. The molecule has 0 aliphatic heterocycles. The van der Waals surface area contributed by atoms with Crippen LogP contribution in [0.25, 0.3) is 0 Å². The van der Waals surface area contributed by atoms with Crippen molar-refractivity contribution in [2.75, 3.05) is 18.1 Å². The first kappa shape index (κ1) is 13.3. The predicted octanol–water partition coefficient (Wildman–Crippen LogP) is 1.88. The molecule has 0 radical (unpaired) electrons. The summed E-state index contributed by atoms with van der Waals surface area (Å²) >= 11 is 0. The van der Waals surface area contributed by atoms with E-state index in [9.17, 15) is 5.11 Å². The second-order valence-electron chi connectivity index (χ2n) is 4.95. The molecule has 0 aromatic carbocycles. The summed E-state index contributed by atoms with van der Waals surface area (Å²) in [5.41, 5.74) is 0.877. The van der Waals surface area contributed by atoms with Gasteiger partial charge in [-0.15, -0.1) is 0 Å². The number of rotatable bonds is 6. The molecular weight excluding hydrogens is 228 g/mol. The van der Waals surface area contributed by atoms with Gasteiger partial charge in [0.1, 0.15) is 5.82 Å². The minimum absolute atomic E-state index is 0.195. The zero-order chi connectivity index (χ0) is 13.0. The highest BCUT2D eigenvalue weighted by Gasteiger charge is 2.27. The van der Waals surface area contributed by atoms with E-state index in [2.05, 4.69) is 9.88 Å². The Hall–Kier alpha value is -1.13. The second-order valence-corrected chi connectivity index (χ2v) is 4.95. The Morgan fingerprint density at radius 1 is 1.50 bits per heavy atom. The van der Waals surface area contributed by atoms with Crippen molar-refractivity contribution in [1.82, 2.24) is 4.98 Å². The lowest BCUT2D eigenvalue weighted by molar-refractivity contribution is 0.198. The van der Waals surface area contributed by atoms with Crippen LogP contribution >= 0.6 is 0 Å². The van der Waals surface area contributed by atoms with Crippen molar-refractivity contribution in [3.8, 4) is 0 Å². The van der Waals surface area contributed by atoms with Gasteiger partial charge in [-0.05, 0) is 38.7 Å². The number of aromatic nitrogens is 1. The number of aliphatic hydroxyl groups excluding tert-OH is 2. The summed E-state index contributed by atoms with van der Waals surface area (Å²) in [7, 11) is 0. The van der Waals surface area contributed by atoms with Gasteiger partial charge in [0.25, 0.3) is 0 Å². The van der Waals surface area contributed by atoms with Gasteiger partial charge in [0.2, 0.25) is 0 Å². The van der Waals surface area contributed by atoms with Crippen LogP contribution < -0.4 is 4.90 Å². The Balaban J connectivity index is 2.23. The maximum Gasteiger partial charge on any atom is 0.134 e. The van der Waals surface area contributed by atoms with Gasteiger partial charge < -0.3 is 15.1 Å². The van der Waals surface area contributed by atoms with Gasteiger partial charge in [-0.3, -0.25) is 0 Å². The van der Waals surface area contributed by atoms with Gasteiger partial charge in [-0.25, -0.2) is 4.98 Å². The first-order valence-corrected chi connectivity index (χ1v) is 6.74. The molecule has 1 aliphatic rings. The molecular formula is C14H22N2O2. The number of hydrogen-bond acceptors (Lipinski definition) is 4. The van der Waals surface area contributed by atoms with Crippen LogP contribution in [0, 0.1) is 0 Å². The zero-order valence-corrected chi connectivity index (χ0v) is 10.9. The molecule has 1 aromatic rings. The molecule has 1 saturated carbocycles. The minimum Gasteiger partial charge on any atom is -0.396 e. The summed E-state index contributed by atoms with van der Waals surface area (Å²) in [6.07, 6.45) is 5.63. The Labute approximate surface area is 108 Å². The molecule has 1 aliphatic carbocycles. The average Bonchev–Trinajstić information content (AvgIpc) is 2.32. The third-order valence-electron chi connectivity index (χ3n) is 3.61. The Morgan fingerprint density at radius 2 is 2.28 bits per heavy atom. The maximum atomic E-state index is 9.84. The van der Waals surface area contributed by atoms with Crippen LogP contribution in [0.2, 0.25) is 0 Å². The van der Waals surface area contributed by atoms with Crippen LogP contribution in [0.4, 0.5) is 5.82 Å². The molecule has 2 N–H and O–H groups in total. The molecule has 0 bridgehead atoms. The third-order valence-corrected chi connectivity index (χ3v) is 3.61. The predicted molar refractivity (Wildman–Crippen MR) is 71.6 cm³/mol. The van der Waals surface area contributed by atoms with E-state index >= 15 is 0 Å². The smallest absolute Gasteiger partial charge is 0.134 e. The fraction of sp³-hybridized carbons (Fsp3) is 0.643. The fourth-order valence-corrected chi connectivity index (χ4v) is 2.38. The van der Waals surface area contributed by atoms with E-state index < -0.39 is 6.10 Å². The van der Waals surface area contributed by atoms with Crippen molar-refractivity contribution in [2.45, 2.75) is 44.8 Å². The van der Waals surface area contributed by atoms with E-state index in [4.69, 9.17) is 5.11 Å². The molecule has 1 unspecified atom stereocenters. The maximum absolute atomic E-state index is 9.84. The summed E-state index contributed by atoms with van der Waals surface area (Å²) in [5.74, 6) is 0.880. The fourth-order valence-electron chi connectivity index (χ4n) is 2.38. The summed E-state index contributed by atoms with van der Waals surface area (Å²) < 4.78 is 0. The number of pyridine rings is 1. The molecule has 1 heterocycles. The SMILES string of the molecule is CC(O)c1cccnc1N(CCCO)C1CCC1. The number of aliphatic hydroxyl groups is 2. The molecule has 1 atom stereocenters. The summed E-state index contributed by atoms with van der Waals surface area (Å²) in [6, 6.07) is 4.30. The molecule has 2 rings (SSSR count).